The number of benzene rings is 2. The molecule has 4 aromatic rings. The van der Waals surface area contributed by atoms with E-state index in [0.717, 1.165) is 16.5 Å². The number of fused-ring (bicyclic) bond motifs is 5. The predicted octanol–water partition coefficient (Wildman–Crippen LogP) is 6.13. The zero-order valence-corrected chi connectivity index (χ0v) is 46.7. The van der Waals surface area contributed by atoms with Gasteiger partial charge in [0.25, 0.3) is 17.4 Å². The van der Waals surface area contributed by atoms with Crippen LogP contribution >= 0.6 is 0 Å². The average molecular weight is 1100 g/mol. The summed E-state index contributed by atoms with van der Waals surface area (Å²) in [4.78, 5) is 114. The van der Waals surface area contributed by atoms with Crippen molar-refractivity contribution >= 4 is 52.2 Å². The minimum absolute atomic E-state index is 0.0267. The van der Waals surface area contributed by atoms with Crippen molar-refractivity contribution in [2.75, 3.05) is 47.1 Å². The Balaban J connectivity index is 0.833. The second-order valence-corrected chi connectivity index (χ2v) is 22.0. The summed E-state index contributed by atoms with van der Waals surface area (Å²) >= 11 is 0. The van der Waals surface area contributed by atoms with Crippen LogP contribution in [0.5, 0.6) is 0 Å². The number of halogens is 1. The Bertz CT molecular complexity index is 3210. The van der Waals surface area contributed by atoms with Crippen LogP contribution in [-0.2, 0) is 81.2 Å². The number of carbonyl (C=O) groups is 7. The first-order valence-electron chi connectivity index (χ1n) is 27.5. The first-order chi connectivity index (χ1) is 38.1. The molecule has 0 spiro atoms. The fourth-order valence-electron chi connectivity index (χ4n) is 11.0. The van der Waals surface area contributed by atoms with E-state index in [1.165, 1.54) is 28.0 Å². The molecule has 426 valence electrons. The molecule has 2 aromatic heterocycles. The third-order valence-corrected chi connectivity index (χ3v) is 15.9. The molecule has 4 aliphatic rings. The number of ether oxygens (including phenoxy) is 3. The highest BCUT2D eigenvalue weighted by molar-refractivity contribution is 6.12. The second-order valence-electron chi connectivity index (χ2n) is 22.0. The highest BCUT2D eigenvalue weighted by atomic mass is 19.1. The summed E-state index contributed by atoms with van der Waals surface area (Å²) in [5.74, 6) is -2.84. The molecule has 0 bridgehead atoms. The molecule has 5 amide bonds. The van der Waals surface area contributed by atoms with E-state index in [-0.39, 0.29) is 105 Å². The standard InChI is InChI=1S/C60H72FN7O12/c1-9-60(77)37(6)79-31-44-45(60)27-49-56-43(29-68(49)58(44)75)55-47(19-18-41-35(4)46(61)28-48(64-56)54(41)55)63-51(71)32-78-33-66(24-23-65(7)8)59(76)80-30-39-16-14-38(15-17-39)25-50(70)36(5)62-57(74)42(34(2)3)26-40(69)13-11-10-12-22-67-52(72)20-21-53(67)73/h14-17,20-21,27-28,34,36,42,47,77H,6,9-13,18-19,22-26,29-33H2,1-5,7-8H3,(H,62,74)(H,63,71)/t36-,42-,47-,60+/m0/s1. The van der Waals surface area contributed by atoms with E-state index in [4.69, 9.17) is 19.2 Å². The number of unbranched alkanes of at least 4 members (excludes halogenated alkanes) is 2. The van der Waals surface area contributed by atoms with Crippen LogP contribution in [0.3, 0.4) is 0 Å². The third-order valence-electron chi connectivity index (χ3n) is 15.9. The number of hydrogen-bond acceptors (Lipinski definition) is 14. The highest BCUT2D eigenvalue weighted by Gasteiger charge is 2.43. The smallest absolute Gasteiger partial charge is 0.411 e. The molecule has 0 saturated heterocycles. The van der Waals surface area contributed by atoms with Crippen LogP contribution in [0.4, 0.5) is 9.18 Å². The summed E-state index contributed by atoms with van der Waals surface area (Å²) < 4.78 is 34.3. The molecule has 5 heterocycles. The van der Waals surface area contributed by atoms with E-state index in [2.05, 4.69) is 17.2 Å². The number of rotatable bonds is 25. The van der Waals surface area contributed by atoms with Gasteiger partial charge in [-0.3, -0.25) is 43.4 Å². The molecule has 3 aliphatic heterocycles. The van der Waals surface area contributed by atoms with Gasteiger partial charge in [-0.25, -0.2) is 14.2 Å². The number of pyridine rings is 2. The van der Waals surface area contributed by atoms with Crippen molar-refractivity contribution in [2.24, 2.45) is 11.8 Å². The fourth-order valence-corrected chi connectivity index (χ4v) is 11.0. The Kier molecular flexibility index (Phi) is 18.3. The Morgan fingerprint density at radius 1 is 0.975 bits per heavy atom. The molecular weight excluding hydrogens is 1030 g/mol. The molecule has 0 fully saturated rings. The maximum atomic E-state index is 15.5. The first-order valence-corrected chi connectivity index (χ1v) is 27.5. The number of hydrogen-bond donors (Lipinski definition) is 3. The molecular formula is C60H72FN7O12. The van der Waals surface area contributed by atoms with Crippen LogP contribution < -0.4 is 16.2 Å². The van der Waals surface area contributed by atoms with Gasteiger partial charge >= 0.3 is 6.09 Å². The van der Waals surface area contributed by atoms with Crippen molar-refractivity contribution in [3.63, 3.8) is 0 Å². The maximum Gasteiger partial charge on any atom is 0.411 e. The molecule has 0 radical (unpaired) electrons. The van der Waals surface area contributed by atoms with Crippen molar-refractivity contribution in [1.29, 1.82) is 0 Å². The van der Waals surface area contributed by atoms with Gasteiger partial charge in [0.2, 0.25) is 11.8 Å². The van der Waals surface area contributed by atoms with Gasteiger partial charge in [0, 0.05) is 79.5 Å². The minimum atomic E-state index is -1.60. The Morgan fingerprint density at radius 2 is 1.69 bits per heavy atom. The second kappa shape index (κ2) is 24.9. The molecule has 8 rings (SSSR count). The SMILES string of the molecule is C=C1OCc2c(cc3n(c2=O)Cc2c-3nc3cc(F)c(C)c4c3c2[C@@H](NC(=O)COCN(CCN(C)C)C(=O)OCc2ccc(CC(=O)[C@H](C)NC(=O)[C@@H](CC(=O)CCCCCN3C(=O)C=CC3=O)C(C)C)cc2)CC4)[C@@]1(O)CC. The van der Waals surface area contributed by atoms with Crippen LogP contribution in [0.25, 0.3) is 22.3 Å². The number of aryl methyl sites for hydroxylation is 1. The van der Waals surface area contributed by atoms with Crippen molar-refractivity contribution < 1.29 is 57.3 Å². The maximum absolute atomic E-state index is 15.5. The Labute approximate surface area is 464 Å². The number of ketones is 2. The lowest BCUT2D eigenvalue weighted by Gasteiger charge is -2.35. The summed E-state index contributed by atoms with van der Waals surface area (Å²) in [6.07, 6.45) is 5.03. The zero-order valence-electron chi connectivity index (χ0n) is 46.7. The van der Waals surface area contributed by atoms with Crippen LogP contribution in [0.2, 0.25) is 0 Å². The Morgan fingerprint density at radius 3 is 2.38 bits per heavy atom. The predicted molar refractivity (Wildman–Crippen MR) is 294 cm³/mol. The summed E-state index contributed by atoms with van der Waals surface area (Å²) in [6.45, 7) is 13.0. The molecule has 20 heteroatoms. The highest BCUT2D eigenvalue weighted by Crippen LogP contribution is 2.47. The van der Waals surface area contributed by atoms with Gasteiger partial charge in [0.05, 0.1) is 41.1 Å². The van der Waals surface area contributed by atoms with Gasteiger partial charge in [0.1, 0.15) is 49.5 Å². The van der Waals surface area contributed by atoms with Crippen molar-refractivity contribution in [3.05, 3.63) is 122 Å². The number of likely N-dealkylation sites (N-methyl/N-ethyl adjacent to an activating group) is 1. The van der Waals surface area contributed by atoms with Gasteiger partial charge < -0.3 is 39.4 Å². The van der Waals surface area contributed by atoms with Crippen molar-refractivity contribution in [2.45, 2.75) is 130 Å². The topological polar surface area (TPSA) is 236 Å². The van der Waals surface area contributed by atoms with Crippen LogP contribution in [0.15, 0.2) is 65.7 Å². The molecule has 3 N–H and O–H groups in total. The number of amides is 5. The van der Waals surface area contributed by atoms with Gasteiger partial charge in [0.15, 0.2) is 5.78 Å². The number of carbonyl (C=O) groups excluding carboxylic acids is 7. The van der Waals surface area contributed by atoms with Gasteiger partial charge in [-0.05, 0) is 99.8 Å². The number of aliphatic hydroxyl groups is 1. The first kappa shape index (κ1) is 58.7. The third kappa shape index (κ3) is 12.6. The van der Waals surface area contributed by atoms with E-state index in [0.29, 0.717) is 95.5 Å². The van der Waals surface area contributed by atoms with Crippen molar-refractivity contribution in [1.82, 2.24) is 34.9 Å². The minimum Gasteiger partial charge on any atom is -0.490 e. The van der Waals surface area contributed by atoms with E-state index in [1.54, 1.807) is 55.7 Å². The van der Waals surface area contributed by atoms with E-state index in [9.17, 15) is 43.5 Å². The Hall–Kier alpha value is -7.42. The molecule has 1 aliphatic carbocycles. The van der Waals surface area contributed by atoms with Gasteiger partial charge in [-0.15, -0.1) is 0 Å². The van der Waals surface area contributed by atoms with Crippen molar-refractivity contribution in [3.8, 4) is 11.4 Å². The van der Waals surface area contributed by atoms with Gasteiger partial charge in [-0.2, -0.15) is 0 Å². The number of Topliss-reactive ketones (excluding diaryl/α,β-unsaturated/α-hetero) is 2. The van der Waals surface area contributed by atoms with Crippen LogP contribution in [0.1, 0.15) is 123 Å². The quantitative estimate of drug-likeness (QED) is 0.0339. The molecule has 4 atom stereocenters. The normalized spacial score (nSPS) is 17.8. The van der Waals surface area contributed by atoms with E-state index >= 15 is 4.39 Å². The van der Waals surface area contributed by atoms with E-state index in [1.807, 2.05) is 32.8 Å². The van der Waals surface area contributed by atoms with Crippen LogP contribution in [-0.4, -0.2) is 124 Å². The monoisotopic (exact) mass is 1100 g/mol. The molecule has 19 nitrogen and oxygen atoms in total. The summed E-state index contributed by atoms with van der Waals surface area (Å²) in [7, 11) is 3.71. The molecule has 0 unspecified atom stereocenters. The largest absolute Gasteiger partial charge is 0.490 e. The molecule has 0 saturated carbocycles. The zero-order chi connectivity index (χ0) is 57.7. The average Bonchev–Trinajstić information content (AvgIpc) is 4.04. The summed E-state index contributed by atoms with van der Waals surface area (Å²) in [5.41, 5.74) is 4.14. The lowest BCUT2D eigenvalue weighted by molar-refractivity contribution is -0.137. The lowest BCUT2D eigenvalue weighted by atomic mass is 9.81. The van der Waals surface area contributed by atoms with E-state index < -0.39 is 48.0 Å². The number of nitrogens with one attached hydrogen (secondary N) is 2. The molecule has 2 aromatic carbocycles. The van der Waals surface area contributed by atoms with Gasteiger partial charge in [-0.1, -0.05) is 58.0 Å². The number of nitrogens with zero attached hydrogens (tertiary/aromatic N) is 5. The molecule has 80 heavy (non-hydrogen) atoms. The number of imide groups is 1. The summed E-state index contributed by atoms with van der Waals surface area (Å²) in [5, 5.41) is 18.3. The fraction of sp³-hybridized carbons (Fsp3) is 0.483. The van der Waals surface area contributed by atoms with Crippen LogP contribution in [0, 0.1) is 24.6 Å². The lowest BCUT2D eigenvalue weighted by Crippen LogP contribution is -2.44. The number of aromatic nitrogens is 2. The summed E-state index contributed by atoms with van der Waals surface area (Å²) in [6, 6.07) is 8.72.